The molecule has 0 aromatic heterocycles. The Morgan fingerprint density at radius 2 is 1.77 bits per heavy atom. The van der Waals surface area contributed by atoms with Gasteiger partial charge in [-0.05, 0) is 43.7 Å². The minimum atomic E-state index is -4.56. The molecule has 0 aliphatic heterocycles. The van der Waals surface area contributed by atoms with Crippen LogP contribution < -0.4 is 14.8 Å². The van der Waals surface area contributed by atoms with Crippen molar-refractivity contribution in [2.75, 3.05) is 18.5 Å². The molecule has 0 aliphatic carbocycles. The zero-order valence-electron chi connectivity index (χ0n) is 14.5. The number of rotatable bonds is 7. The molecular weight excluding hydrogens is 347 g/mol. The highest BCUT2D eigenvalue weighted by molar-refractivity contribution is 6.05. The van der Waals surface area contributed by atoms with Crippen LogP contribution >= 0.6 is 0 Å². The van der Waals surface area contributed by atoms with Crippen molar-refractivity contribution < 1.29 is 27.4 Å². The van der Waals surface area contributed by atoms with Gasteiger partial charge < -0.3 is 14.8 Å². The van der Waals surface area contributed by atoms with Crippen LogP contribution in [0.15, 0.2) is 42.5 Å². The van der Waals surface area contributed by atoms with Crippen molar-refractivity contribution in [3.05, 3.63) is 53.6 Å². The van der Waals surface area contributed by atoms with E-state index in [1.54, 1.807) is 13.0 Å². The molecule has 0 aliphatic rings. The van der Waals surface area contributed by atoms with Crippen molar-refractivity contribution in [3.8, 4) is 11.5 Å². The second-order valence-electron chi connectivity index (χ2n) is 5.44. The highest BCUT2D eigenvalue weighted by atomic mass is 19.4. The Kier molecular flexibility index (Phi) is 6.49. The van der Waals surface area contributed by atoms with Crippen molar-refractivity contribution in [2.24, 2.45) is 0 Å². The highest BCUT2D eigenvalue weighted by Gasteiger charge is 2.33. The van der Waals surface area contributed by atoms with Gasteiger partial charge in [-0.1, -0.05) is 19.1 Å². The number of amides is 1. The number of anilines is 1. The lowest BCUT2D eigenvalue weighted by Gasteiger charge is -2.15. The maximum atomic E-state index is 13.0. The average Bonchev–Trinajstić information content (AvgIpc) is 2.60. The largest absolute Gasteiger partial charge is 0.490 e. The second kappa shape index (κ2) is 8.60. The molecule has 0 atom stereocenters. The van der Waals surface area contributed by atoms with Gasteiger partial charge in [0.15, 0.2) is 11.5 Å². The molecule has 26 heavy (non-hydrogen) atoms. The van der Waals surface area contributed by atoms with Gasteiger partial charge in [-0.3, -0.25) is 4.79 Å². The molecule has 0 radical (unpaired) electrons. The van der Waals surface area contributed by atoms with Gasteiger partial charge in [0.05, 0.1) is 24.5 Å². The standard InChI is InChI=1S/C19H20F3NO3/c1-3-11-26-16-10-9-13(12-17(16)25-4-2)18(24)23-15-8-6-5-7-14(15)19(20,21)22/h5-10,12H,3-4,11H2,1-2H3,(H,23,24). The van der Waals surface area contributed by atoms with E-state index in [9.17, 15) is 18.0 Å². The molecule has 0 fully saturated rings. The second-order valence-corrected chi connectivity index (χ2v) is 5.44. The fraction of sp³-hybridized carbons (Fsp3) is 0.316. The van der Waals surface area contributed by atoms with Crippen LogP contribution in [0.4, 0.5) is 18.9 Å². The molecule has 7 heteroatoms. The number of alkyl halides is 3. The van der Waals surface area contributed by atoms with Crippen molar-refractivity contribution in [1.82, 2.24) is 0 Å². The zero-order chi connectivity index (χ0) is 19.2. The van der Waals surface area contributed by atoms with Crippen LogP contribution in [0.3, 0.4) is 0 Å². The SMILES string of the molecule is CCCOc1ccc(C(=O)Nc2ccccc2C(F)(F)F)cc1OCC. The van der Waals surface area contributed by atoms with E-state index in [4.69, 9.17) is 9.47 Å². The maximum Gasteiger partial charge on any atom is 0.418 e. The van der Waals surface area contributed by atoms with Gasteiger partial charge in [-0.25, -0.2) is 0 Å². The summed E-state index contributed by atoms with van der Waals surface area (Å²) in [6, 6.07) is 9.35. The van der Waals surface area contributed by atoms with E-state index >= 15 is 0 Å². The number of benzene rings is 2. The van der Waals surface area contributed by atoms with Crippen LogP contribution in [-0.4, -0.2) is 19.1 Å². The lowest BCUT2D eigenvalue weighted by molar-refractivity contribution is -0.136. The molecule has 0 saturated carbocycles. The first-order chi connectivity index (χ1) is 12.4. The van der Waals surface area contributed by atoms with E-state index in [1.807, 2.05) is 6.92 Å². The van der Waals surface area contributed by atoms with Crippen molar-refractivity contribution in [2.45, 2.75) is 26.4 Å². The van der Waals surface area contributed by atoms with Crippen molar-refractivity contribution in [1.29, 1.82) is 0 Å². The third-order valence-electron chi connectivity index (χ3n) is 3.45. The number of ether oxygens (including phenoxy) is 2. The smallest absolute Gasteiger partial charge is 0.418 e. The summed E-state index contributed by atoms with van der Waals surface area (Å²) in [6.45, 7) is 4.60. The fourth-order valence-electron chi connectivity index (χ4n) is 2.28. The first-order valence-electron chi connectivity index (χ1n) is 8.24. The van der Waals surface area contributed by atoms with E-state index in [2.05, 4.69) is 5.32 Å². The minimum absolute atomic E-state index is 0.175. The normalized spacial score (nSPS) is 11.1. The quantitative estimate of drug-likeness (QED) is 0.737. The molecule has 0 saturated heterocycles. The molecule has 1 N–H and O–H groups in total. The molecule has 2 aromatic carbocycles. The summed E-state index contributed by atoms with van der Waals surface area (Å²) in [5.41, 5.74) is -1.02. The first-order valence-corrected chi connectivity index (χ1v) is 8.24. The highest BCUT2D eigenvalue weighted by Crippen LogP contribution is 2.35. The van der Waals surface area contributed by atoms with Gasteiger partial charge in [-0.2, -0.15) is 13.2 Å². The zero-order valence-corrected chi connectivity index (χ0v) is 14.5. The Hall–Kier alpha value is -2.70. The number of hydrogen-bond acceptors (Lipinski definition) is 3. The number of carbonyl (C=O) groups excluding carboxylic acids is 1. The predicted molar refractivity (Wildman–Crippen MR) is 92.8 cm³/mol. The average molecular weight is 367 g/mol. The summed E-state index contributed by atoms with van der Waals surface area (Å²) in [5, 5.41) is 2.31. The van der Waals surface area contributed by atoms with Crippen LogP contribution in [0.1, 0.15) is 36.2 Å². The molecule has 0 unspecified atom stereocenters. The summed E-state index contributed by atoms with van der Waals surface area (Å²) in [7, 11) is 0. The van der Waals surface area contributed by atoms with Crippen LogP contribution in [0.25, 0.3) is 0 Å². The number of halogens is 3. The molecule has 0 bridgehead atoms. The van der Waals surface area contributed by atoms with Crippen molar-refractivity contribution >= 4 is 11.6 Å². The minimum Gasteiger partial charge on any atom is -0.490 e. The van der Waals surface area contributed by atoms with Gasteiger partial charge in [0.2, 0.25) is 0 Å². The lowest BCUT2D eigenvalue weighted by Crippen LogP contribution is -2.16. The number of nitrogens with one attached hydrogen (secondary N) is 1. The molecule has 4 nitrogen and oxygen atoms in total. The third-order valence-corrected chi connectivity index (χ3v) is 3.45. The van der Waals surface area contributed by atoms with Gasteiger partial charge in [0.25, 0.3) is 5.91 Å². The Bertz CT molecular complexity index is 760. The molecule has 0 heterocycles. The Morgan fingerprint density at radius 1 is 1.04 bits per heavy atom. The van der Waals surface area contributed by atoms with Crippen LogP contribution in [-0.2, 0) is 6.18 Å². The Morgan fingerprint density at radius 3 is 2.42 bits per heavy atom. The number of hydrogen-bond donors (Lipinski definition) is 1. The molecular formula is C19H20F3NO3. The molecule has 2 aromatic rings. The first kappa shape index (κ1) is 19.6. The summed E-state index contributed by atoms with van der Waals surface area (Å²) in [5.74, 6) is 0.198. The van der Waals surface area contributed by atoms with Gasteiger partial charge in [-0.15, -0.1) is 0 Å². The van der Waals surface area contributed by atoms with E-state index in [0.29, 0.717) is 24.7 Å². The van der Waals surface area contributed by atoms with E-state index in [1.165, 1.54) is 30.3 Å². The third kappa shape index (κ3) is 4.91. The van der Waals surface area contributed by atoms with E-state index in [-0.39, 0.29) is 11.3 Å². The monoisotopic (exact) mass is 367 g/mol. The summed E-state index contributed by atoms with van der Waals surface area (Å²) in [4.78, 5) is 12.4. The summed E-state index contributed by atoms with van der Waals surface area (Å²) < 4.78 is 50.2. The van der Waals surface area contributed by atoms with Crippen LogP contribution in [0.2, 0.25) is 0 Å². The predicted octanol–water partition coefficient (Wildman–Crippen LogP) is 5.15. The number of carbonyl (C=O) groups is 1. The van der Waals surface area contributed by atoms with Gasteiger partial charge >= 0.3 is 6.18 Å². The summed E-state index contributed by atoms with van der Waals surface area (Å²) in [6.07, 6.45) is -3.75. The Labute approximate surface area is 149 Å². The maximum absolute atomic E-state index is 13.0. The summed E-state index contributed by atoms with van der Waals surface area (Å²) >= 11 is 0. The van der Waals surface area contributed by atoms with E-state index in [0.717, 1.165) is 12.5 Å². The van der Waals surface area contributed by atoms with Crippen LogP contribution in [0.5, 0.6) is 11.5 Å². The molecule has 2 rings (SSSR count). The molecule has 0 spiro atoms. The van der Waals surface area contributed by atoms with Crippen molar-refractivity contribution in [3.63, 3.8) is 0 Å². The lowest BCUT2D eigenvalue weighted by atomic mass is 10.1. The van der Waals surface area contributed by atoms with Gasteiger partial charge in [0, 0.05) is 5.56 Å². The molecule has 140 valence electrons. The fourth-order valence-corrected chi connectivity index (χ4v) is 2.28. The topological polar surface area (TPSA) is 47.6 Å². The number of para-hydroxylation sites is 1. The molecule has 1 amide bonds. The van der Waals surface area contributed by atoms with E-state index < -0.39 is 17.6 Å². The Balaban J connectivity index is 2.26. The van der Waals surface area contributed by atoms with Crippen LogP contribution in [0, 0.1) is 0 Å². The van der Waals surface area contributed by atoms with Gasteiger partial charge in [0.1, 0.15) is 0 Å².